The van der Waals surface area contributed by atoms with Gasteiger partial charge in [0.2, 0.25) is 0 Å². The minimum Gasteiger partial charge on any atom is -0.306 e. The van der Waals surface area contributed by atoms with Crippen LogP contribution >= 0.6 is 11.6 Å². The Balaban J connectivity index is 2.09. The number of nitrogens with one attached hydrogen (secondary N) is 1. The lowest BCUT2D eigenvalue weighted by atomic mass is 10.0. The van der Waals surface area contributed by atoms with E-state index in [1.54, 1.807) is 6.07 Å². The Morgan fingerprint density at radius 1 is 1.20 bits per heavy atom. The third kappa shape index (κ3) is 3.81. The SMILES string of the molecule is CCC(NCc1cc(F)ccc1C)c1cccc(Cl)c1. The molecular formula is C17H19ClFN. The Hall–Kier alpha value is -1.38. The molecule has 0 aliphatic rings. The first-order valence-electron chi connectivity index (χ1n) is 6.84. The predicted octanol–water partition coefficient (Wildman–Crippen LogP) is 5.03. The third-order valence-corrected chi connectivity index (χ3v) is 3.74. The quantitative estimate of drug-likeness (QED) is 0.815. The predicted molar refractivity (Wildman–Crippen MR) is 82.5 cm³/mol. The molecule has 1 N–H and O–H groups in total. The van der Waals surface area contributed by atoms with Crippen LogP contribution < -0.4 is 5.32 Å². The van der Waals surface area contributed by atoms with E-state index in [2.05, 4.69) is 18.3 Å². The second-order valence-electron chi connectivity index (χ2n) is 4.97. The van der Waals surface area contributed by atoms with Crippen LogP contribution in [0.2, 0.25) is 5.02 Å². The fourth-order valence-electron chi connectivity index (χ4n) is 2.28. The lowest BCUT2D eigenvalue weighted by molar-refractivity contribution is 0.516. The summed E-state index contributed by atoms with van der Waals surface area (Å²) in [5.74, 6) is -0.191. The highest BCUT2D eigenvalue weighted by Crippen LogP contribution is 2.21. The Morgan fingerprint density at radius 3 is 2.70 bits per heavy atom. The number of halogens is 2. The molecule has 0 radical (unpaired) electrons. The Kier molecular flexibility index (Phi) is 5.16. The van der Waals surface area contributed by atoms with Crippen LogP contribution in [0, 0.1) is 12.7 Å². The van der Waals surface area contributed by atoms with Crippen LogP contribution in [-0.2, 0) is 6.54 Å². The summed E-state index contributed by atoms with van der Waals surface area (Å²) in [7, 11) is 0. The van der Waals surface area contributed by atoms with Crippen molar-refractivity contribution in [1.82, 2.24) is 5.32 Å². The van der Waals surface area contributed by atoms with Crippen LogP contribution in [0.1, 0.15) is 36.1 Å². The van der Waals surface area contributed by atoms with Gasteiger partial charge in [0.25, 0.3) is 0 Å². The minimum absolute atomic E-state index is 0.191. The maximum Gasteiger partial charge on any atom is 0.123 e. The molecule has 0 heterocycles. The van der Waals surface area contributed by atoms with E-state index in [-0.39, 0.29) is 11.9 Å². The van der Waals surface area contributed by atoms with Crippen LogP contribution in [0.5, 0.6) is 0 Å². The molecule has 0 saturated heterocycles. The molecule has 2 aromatic carbocycles. The van der Waals surface area contributed by atoms with Crippen molar-refractivity contribution >= 4 is 11.6 Å². The molecule has 0 aromatic heterocycles. The average molecular weight is 292 g/mol. The second kappa shape index (κ2) is 6.87. The average Bonchev–Trinajstić information content (AvgIpc) is 2.43. The molecule has 3 heteroatoms. The number of rotatable bonds is 5. The fraction of sp³-hybridized carbons (Fsp3) is 0.294. The molecule has 0 aliphatic carbocycles. The number of hydrogen-bond acceptors (Lipinski definition) is 1. The monoisotopic (exact) mass is 291 g/mol. The molecule has 2 aromatic rings. The molecular weight excluding hydrogens is 273 g/mol. The van der Waals surface area contributed by atoms with Gasteiger partial charge in [-0.15, -0.1) is 0 Å². The smallest absolute Gasteiger partial charge is 0.123 e. The molecule has 0 bridgehead atoms. The summed E-state index contributed by atoms with van der Waals surface area (Å²) in [6.07, 6.45) is 0.953. The molecule has 0 spiro atoms. The maximum atomic E-state index is 13.3. The van der Waals surface area contributed by atoms with E-state index in [1.165, 1.54) is 6.07 Å². The highest BCUT2D eigenvalue weighted by atomic mass is 35.5. The Bertz CT molecular complexity index is 583. The minimum atomic E-state index is -0.191. The van der Waals surface area contributed by atoms with Crippen LogP contribution in [-0.4, -0.2) is 0 Å². The summed E-state index contributed by atoms with van der Waals surface area (Å²) in [6, 6.07) is 13.0. The van der Waals surface area contributed by atoms with E-state index in [4.69, 9.17) is 11.6 Å². The standard InChI is InChI=1S/C17H19ClFN/c1-3-17(13-5-4-6-15(18)9-13)20-11-14-10-16(19)8-7-12(14)2/h4-10,17,20H,3,11H2,1-2H3. The summed E-state index contributed by atoms with van der Waals surface area (Å²) >= 11 is 6.03. The Labute approximate surface area is 124 Å². The van der Waals surface area contributed by atoms with Crippen molar-refractivity contribution < 1.29 is 4.39 Å². The van der Waals surface area contributed by atoms with Gasteiger partial charge in [0, 0.05) is 17.6 Å². The van der Waals surface area contributed by atoms with E-state index in [0.717, 1.165) is 28.1 Å². The lowest BCUT2D eigenvalue weighted by Gasteiger charge is -2.18. The highest BCUT2D eigenvalue weighted by Gasteiger charge is 2.10. The van der Waals surface area contributed by atoms with Crippen molar-refractivity contribution in [3.8, 4) is 0 Å². The van der Waals surface area contributed by atoms with E-state index in [9.17, 15) is 4.39 Å². The molecule has 1 nitrogen and oxygen atoms in total. The van der Waals surface area contributed by atoms with Gasteiger partial charge < -0.3 is 5.32 Å². The van der Waals surface area contributed by atoms with Gasteiger partial charge in [-0.2, -0.15) is 0 Å². The molecule has 1 atom stereocenters. The zero-order valence-corrected chi connectivity index (χ0v) is 12.5. The highest BCUT2D eigenvalue weighted by molar-refractivity contribution is 6.30. The van der Waals surface area contributed by atoms with Crippen molar-refractivity contribution in [2.45, 2.75) is 32.9 Å². The van der Waals surface area contributed by atoms with Gasteiger partial charge in [-0.05, 0) is 54.3 Å². The zero-order chi connectivity index (χ0) is 14.5. The van der Waals surface area contributed by atoms with Crippen molar-refractivity contribution in [2.75, 3.05) is 0 Å². The van der Waals surface area contributed by atoms with Crippen LogP contribution in [0.3, 0.4) is 0 Å². The summed E-state index contributed by atoms with van der Waals surface area (Å²) in [5.41, 5.74) is 3.25. The molecule has 0 aliphatic heterocycles. The van der Waals surface area contributed by atoms with Crippen molar-refractivity contribution in [3.05, 3.63) is 70.0 Å². The topological polar surface area (TPSA) is 12.0 Å². The fourth-order valence-corrected chi connectivity index (χ4v) is 2.48. The molecule has 2 rings (SSSR count). The van der Waals surface area contributed by atoms with Crippen LogP contribution in [0.15, 0.2) is 42.5 Å². The van der Waals surface area contributed by atoms with E-state index < -0.39 is 0 Å². The summed E-state index contributed by atoms with van der Waals surface area (Å²) in [5, 5.41) is 4.21. The second-order valence-corrected chi connectivity index (χ2v) is 5.40. The van der Waals surface area contributed by atoms with Gasteiger partial charge in [-0.3, -0.25) is 0 Å². The maximum absolute atomic E-state index is 13.3. The van der Waals surface area contributed by atoms with E-state index >= 15 is 0 Å². The largest absolute Gasteiger partial charge is 0.306 e. The van der Waals surface area contributed by atoms with Gasteiger partial charge in [-0.25, -0.2) is 4.39 Å². The molecule has 0 fully saturated rings. The first kappa shape index (κ1) is 15.0. The molecule has 0 amide bonds. The first-order chi connectivity index (χ1) is 9.60. The summed E-state index contributed by atoms with van der Waals surface area (Å²) in [4.78, 5) is 0. The third-order valence-electron chi connectivity index (χ3n) is 3.51. The van der Waals surface area contributed by atoms with Crippen LogP contribution in [0.4, 0.5) is 4.39 Å². The molecule has 20 heavy (non-hydrogen) atoms. The molecule has 0 saturated carbocycles. The Morgan fingerprint density at radius 2 is 2.00 bits per heavy atom. The molecule has 1 unspecified atom stereocenters. The lowest BCUT2D eigenvalue weighted by Crippen LogP contribution is -2.20. The van der Waals surface area contributed by atoms with Crippen molar-refractivity contribution in [2.24, 2.45) is 0 Å². The zero-order valence-electron chi connectivity index (χ0n) is 11.8. The van der Waals surface area contributed by atoms with E-state index in [1.807, 2.05) is 31.2 Å². The normalized spacial score (nSPS) is 12.4. The number of benzene rings is 2. The number of hydrogen-bond donors (Lipinski definition) is 1. The van der Waals surface area contributed by atoms with Gasteiger partial charge in [-0.1, -0.05) is 36.7 Å². The summed E-state index contributed by atoms with van der Waals surface area (Å²) in [6.45, 7) is 4.77. The van der Waals surface area contributed by atoms with Gasteiger partial charge in [0.1, 0.15) is 5.82 Å². The van der Waals surface area contributed by atoms with Gasteiger partial charge in [0.05, 0.1) is 0 Å². The first-order valence-corrected chi connectivity index (χ1v) is 7.22. The van der Waals surface area contributed by atoms with Gasteiger partial charge in [0.15, 0.2) is 0 Å². The molecule has 106 valence electrons. The summed E-state index contributed by atoms with van der Waals surface area (Å²) < 4.78 is 13.3. The van der Waals surface area contributed by atoms with Crippen molar-refractivity contribution in [3.63, 3.8) is 0 Å². The van der Waals surface area contributed by atoms with E-state index in [0.29, 0.717) is 6.54 Å². The number of aryl methyl sites for hydroxylation is 1. The van der Waals surface area contributed by atoms with Gasteiger partial charge >= 0.3 is 0 Å². The van der Waals surface area contributed by atoms with Crippen molar-refractivity contribution in [1.29, 1.82) is 0 Å². The van der Waals surface area contributed by atoms with Crippen LogP contribution in [0.25, 0.3) is 0 Å².